The van der Waals surface area contributed by atoms with Crippen molar-refractivity contribution in [3.8, 4) is 11.8 Å². The lowest BCUT2D eigenvalue weighted by atomic mass is 10.1. The molecule has 0 radical (unpaired) electrons. The second-order valence-corrected chi connectivity index (χ2v) is 9.11. The van der Waals surface area contributed by atoms with Crippen LogP contribution in [0.2, 0.25) is 0 Å². The van der Waals surface area contributed by atoms with Crippen LogP contribution >= 0.6 is 0 Å². The van der Waals surface area contributed by atoms with Gasteiger partial charge in [0, 0.05) is 13.2 Å². The van der Waals surface area contributed by atoms with Gasteiger partial charge in [0.05, 0.1) is 18.2 Å². The fourth-order valence-corrected chi connectivity index (χ4v) is 3.82. The topological polar surface area (TPSA) is 51.5 Å². The van der Waals surface area contributed by atoms with E-state index in [0.29, 0.717) is 18.8 Å². The predicted molar refractivity (Wildman–Crippen MR) is 138 cm³/mol. The molecule has 4 nitrogen and oxygen atoms in total. The van der Waals surface area contributed by atoms with E-state index in [1.807, 2.05) is 12.1 Å². The molecule has 1 atom stereocenters. The SMILES string of the molecule is CCCCCCCCCCCCCCOC(COCCCCC)COc1ccc(C#N)cc1. The van der Waals surface area contributed by atoms with Crippen molar-refractivity contribution in [3.05, 3.63) is 29.8 Å². The van der Waals surface area contributed by atoms with Crippen molar-refractivity contribution in [1.82, 2.24) is 0 Å². The van der Waals surface area contributed by atoms with Crippen molar-refractivity contribution >= 4 is 0 Å². The number of rotatable bonds is 23. The Morgan fingerprint density at radius 2 is 1.18 bits per heavy atom. The molecule has 0 N–H and O–H groups in total. The summed E-state index contributed by atoms with van der Waals surface area (Å²) >= 11 is 0. The van der Waals surface area contributed by atoms with Gasteiger partial charge < -0.3 is 14.2 Å². The van der Waals surface area contributed by atoms with Gasteiger partial charge in [0.1, 0.15) is 18.5 Å². The number of nitrogens with zero attached hydrogens (tertiary/aromatic N) is 1. The summed E-state index contributed by atoms with van der Waals surface area (Å²) in [7, 11) is 0. The molecule has 4 heteroatoms. The van der Waals surface area contributed by atoms with Crippen LogP contribution in [-0.2, 0) is 9.47 Å². The first-order valence-corrected chi connectivity index (χ1v) is 13.6. The molecule has 0 fully saturated rings. The zero-order valence-electron chi connectivity index (χ0n) is 21.5. The maximum absolute atomic E-state index is 8.93. The summed E-state index contributed by atoms with van der Waals surface area (Å²) in [5.41, 5.74) is 0.640. The molecule has 0 aliphatic rings. The van der Waals surface area contributed by atoms with E-state index in [1.165, 1.54) is 83.5 Å². The molecule has 0 heterocycles. The van der Waals surface area contributed by atoms with E-state index in [2.05, 4.69) is 19.9 Å². The van der Waals surface area contributed by atoms with Gasteiger partial charge in [-0.2, -0.15) is 5.26 Å². The Hall–Kier alpha value is -1.57. The number of unbranched alkanes of at least 4 members (excludes halogenated alkanes) is 13. The van der Waals surface area contributed by atoms with E-state index in [-0.39, 0.29) is 6.10 Å². The van der Waals surface area contributed by atoms with E-state index in [9.17, 15) is 0 Å². The van der Waals surface area contributed by atoms with Gasteiger partial charge in [-0.1, -0.05) is 97.3 Å². The molecular weight excluding hydrogens is 410 g/mol. The van der Waals surface area contributed by atoms with Crippen molar-refractivity contribution in [1.29, 1.82) is 5.26 Å². The van der Waals surface area contributed by atoms with Crippen LogP contribution in [0.25, 0.3) is 0 Å². The molecule has 1 unspecified atom stereocenters. The fourth-order valence-electron chi connectivity index (χ4n) is 3.82. The predicted octanol–water partition coefficient (Wildman–Crippen LogP) is 8.23. The molecule has 188 valence electrons. The quantitative estimate of drug-likeness (QED) is 0.155. The number of nitriles is 1. The summed E-state index contributed by atoms with van der Waals surface area (Å²) in [6.45, 7) is 7.06. The minimum Gasteiger partial charge on any atom is -0.491 e. The second kappa shape index (κ2) is 22.2. The number of hydrogen-bond donors (Lipinski definition) is 0. The lowest BCUT2D eigenvalue weighted by molar-refractivity contribution is -0.0388. The zero-order chi connectivity index (χ0) is 23.8. The fraction of sp³-hybridized carbons (Fsp3) is 0.759. The van der Waals surface area contributed by atoms with Gasteiger partial charge in [-0.05, 0) is 37.1 Å². The normalized spacial score (nSPS) is 11.9. The maximum Gasteiger partial charge on any atom is 0.119 e. The smallest absolute Gasteiger partial charge is 0.119 e. The summed E-state index contributed by atoms with van der Waals surface area (Å²) in [4.78, 5) is 0. The van der Waals surface area contributed by atoms with Gasteiger partial charge >= 0.3 is 0 Å². The third-order valence-electron chi connectivity index (χ3n) is 5.97. The van der Waals surface area contributed by atoms with Gasteiger partial charge in [-0.3, -0.25) is 0 Å². The molecule has 1 rings (SSSR count). The number of ether oxygens (including phenoxy) is 3. The Bertz CT molecular complexity index is 582. The molecule has 0 aliphatic carbocycles. The van der Waals surface area contributed by atoms with E-state index in [1.54, 1.807) is 12.1 Å². The Morgan fingerprint density at radius 1 is 0.667 bits per heavy atom. The molecule has 0 bridgehead atoms. The third kappa shape index (κ3) is 17.6. The highest BCUT2D eigenvalue weighted by Gasteiger charge is 2.11. The monoisotopic (exact) mass is 459 g/mol. The molecule has 1 aromatic carbocycles. The van der Waals surface area contributed by atoms with Crippen molar-refractivity contribution in [3.63, 3.8) is 0 Å². The van der Waals surface area contributed by atoms with Crippen molar-refractivity contribution in [2.24, 2.45) is 0 Å². The lowest BCUT2D eigenvalue weighted by Gasteiger charge is -2.19. The van der Waals surface area contributed by atoms with Crippen LogP contribution in [0.15, 0.2) is 24.3 Å². The zero-order valence-corrected chi connectivity index (χ0v) is 21.5. The standard InChI is InChI=1S/C29H49NO3/c1-3-5-7-8-9-10-11-12-13-14-15-17-23-32-29(25-31-22-16-6-4-2)26-33-28-20-18-27(24-30)19-21-28/h18-21,29H,3-17,22-23,25-26H2,1-2H3. The highest BCUT2D eigenvalue weighted by molar-refractivity contribution is 5.34. The van der Waals surface area contributed by atoms with E-state index in [0.717, 1.165) is 31.8 Å². The van der Waals surface area contributed by atoms with Gasteiger partial charge in [0.25, 0.3) is 0 Å². The molecule has 1 aromatic rings. The highest BCUT2D eigenvalue weighted by Crippen LogP contribution is 2.14. The highest BCUT2D eigenvalue weighted by atomic mass is 16.6. The maximum atomic E-state index is 8.93. The summed E-state index contributed by atoms with van der Waals surface area (Å²) in [6, 6.07) is 9.36. The van der Waals surface area contributed by atoms with Crippen LogP contribution < -0.4 is 4.74 Å². The van der Waals surface area contributed by atoms with Gasteiger partial charge in [0.15, 0.2) is 0 Å². The van der Waals surface area contributed by atoms with E-state index in [4.69, 9.17) is 19.5 Å². The van der Waals surface area contributed by atoms with Crippen LogP contribution in [0.1, 0.15) is 116 Å². The number of hydrogen-bond acceptors (Lipinski definition) is 4. The van der Waals surface area contributed by atoms with Crippen molar-refractivity contribution in [2.75, 3.05) is 26.4 Å². The largest absolute Gasteiger partial charge is 0.491 e. The van der Waals surface area contributed by atoms with Gasteiger partial charge in [-0.25, -0.2) is 0 Å². The van der Waals surface area contributed by atoms with Crippen LogP contribution in [0.3, 0.4) is 0 Å². The van der Waals surface area contributed by atoms with Crippen molar-refractivity contribution < 1.29 is 14.2 Å². The van der Waals surface area contributed by atoms with Gasteiger partial charge in [-0.15, -0.1) is 0 Å². The molecule has 0 saturated carbocycles. The van der Waals surface area contributed by atoms with Gasteiger partial charge in [0.2, 0.25) is 0 Å². The molecule has 0 aromatic heterocycles. The Morgan fingerprint density at radius 3 is 1.76 bits per heavy atom. The molecule has 33 heavy (non-hydrogen) atoms. The molecular formula is C29H49NO3. The van der Waals surface area contributed by atoms with Crippen LogP contribution in [0.5, 0.6) is 5.75 Å². The van der Waals surface area contributed by atoms with Crippen LogP contribution in [-0.4, -0.2) is 32.5 Å². The Kier molecular flexibility index (Phi) is 19.8. The minimum atomic E-state index is -0.0602. The summed E-state index contributed by atoms with van der Waals surface area (Å²) in [5, 5.41) is 8.93. The average Bonchev–Trinajstić information content (AvgIpc) is 2.85. The van der Waals surface area contributed by atoms with Crippen molar-refractivity contribution in [2.45, 2.75) is 116 Å². The molecule has 0 saturated heterocycles. The molecule has 0 aliphatic heterocycles. The first-order valence-electron chi connectivity index (χ1n) is 13.6. The van der Waals surface area contributed by atoms with E-state index < -0.39 is 0 Å². The molecule has 0 spiro atoms. The van der Waals surface area contributed by atoms with Crippen LogP contribution in [0, 0.1) is 11.3 Å². The minimum absolute atomic E-state index is 0.0602. The van der Waals surface area contributed by atoms with E-state index >= 15 is 0 Å². The second-order valence-electron chi connectivity index (χ2n) is 9.11. The first-order chi connectivity index (χ1) is 16.3. The first kappa shape index (κ1) is 29.5. The third-order valence-corrected chi connectivity index (χ3v) is 5.97. The summed E-state index contributed by atoms with van der Waals surface area (Å²) in [6.07, 6.45) is 19.6. The Labute approximate surface area is 204 Å². The Balaban J connectivity index is 2.14. The number of benzene rings is 1. The summed E-state index contributed by atoms with van der Waals surface area (Å²) in [5.74, 6) is 0.763. The average molecular weight is 460 g/mol. The molecule has 0 amide bonds. The van der Waals surface area contributed by atoms with Crippen LogP contribution in [0.4, 0.5) is 0 Å². The summed E-state index contributed by atoms with van der Waals surface area (Å²) < 4.78 is 17.8. The lowest BCUT2D eigenvalue weighted by Crippen LogP contribution is -2.28.